The summed E-state index contributed by atoms with van der Waals surface area (Å²) in [6.45, 7) is 0.477. The molecule has 1 N–H and O–H groups in total. The molecule has 0 unspecified atom stereocenters. The van der Waals surface area contributed by atoms with Crippen LogP contribution >= 0.6 is 11.6 Å². The predicted octanol–water partition coefficient (Wildman–Crippen LogP) is 2.11. The van der Waals surface area contributed by atoms with Crippen LogP contribution in [0.5, 0.6) is 0 Å². The summed E-state index contributed by atoms with van der Waals surface area (Å²) in [6.07, 6.45) is 3.24. The summed E-state index contributed by atoms with van der Waals surface area (Å²) in [5.41, 5.74) is 1.55. The van der Waals surface area contributed by atoms with Crippen LogP contribution in [0.25, 0.3) is 0 Å². The van der Waals surface area contributed by atoms with Crippen molar-refractivity contribution in [3.05, 3.63) is 52.8 Å². The largest absolute Gasteiger partial charge is 0.350 e. The van der Waals surface area contributed by atoms with Crippen molar-refractivity contribution < 1.29 is 4.79 Å². The summed E-state index contributed by atoms with van der Waals surface area (Å²) in [4.78, 5) is 14.1. The SMILES string of the molecule is CN(C)[C@@H](CNC(=O)c1cnn(C)c1)c1ccccc1Cl. The van der Waals surface area contributed by atoms with Gasteiger partial charge in [-0.2, -0.15) is 5.10 Å². The number of carbonyl (C=O) groups excluding carboxylic acids is 1. The van der Waals surface area contributed by atoms with Gasteiger partial charge in [0.15, 0.2) is 0 Å². The second-order valence-corrected chi connectivity index (χ2v) is 5.52. The molecule has 0 spiro atoms. The zero-order valence-electron chi connectivity index (χ0n) is 12.4. The minimum Gasteiger partial charge on any atom is -0.350 e. The quantitative estimate of drug-likeness (QED) is 0.920. The van der Waals surface area contributed by atoms with E-state index in [-0.39, 0.29) is 11.9 Å². The van der Waals surface area contributed by atoms with E-state index in [2.05, 4.69) is 10.4 Å². The molecule has 6 heteroatoms. The van der Waals surface area contributed by atoms with Crippen LogP contribution in [-0.4, -0.2) is 41.2 Å². The highest BCUT2D eigenvalue weighted by molar-refractivity contribution is 6.31. The van der Waals surface area contributed by atoms with Crippen molar-refractivity contribution in [3.8, 4) is 0 Å². The van der Waals surface area contributed by atoms with E-state index in [0.717, 1.165) is 5.56 Å². The molecule has 5 nitrogen and oxygen atoms in total. The van der Waals surface area contributed by atoms with Crippen LogP contribution in [-0.2, 0) is 7.05 Å². The molecule has 0 saturated carbocycles. The number of halogens is 1. The van der Waals surface area contributed by atoms with Gasteiger partial charge in [0, 0.05) is 24.8 Å². The molecule has 2 aromatic rings. The Labute approximate surface area is 129 Å². The molecule has 0 saturated heterocycles. The number of amides is 1. The van der Waals surface area contributed by atoms with Crippen molar-refractivity contribution in [1.29, 1.82) is 0 Å². The van der Waals surface area contributed by atoms with Gasteiger partial charge in [-0.3, -0.25) is 9.48 Å². The molecular formula is C15H19ClN4O. The highest BCUT2D eigenvalue weighted by Crippen LogP contribution is 2.25. The van der Waals surface area contributed by atoms with E-state index >= 15 is 0 Å². The summed E-state index contributed by atoms with van der Waals surface area (Å²) in [5, 5.41) is 7.62. The van der Waals surface area contributed by atoms with Crippen LogP contribution in [0, 0.1) is 0 Å². The lowest BCUT2D eigenvalue weighted by Gasteiger charge is -2.25. The van der Waals surface area contributed by atoms with Crippen molar-refractivity contribution in [2.75, 3.05) is 20.6 Å². The molecular weight excluding hydrogens is 288 g/mol. The van der Waals surface area contributed by atoms with Crippen LogP contribution < -0.4 is 5.32 Å². The molecule has 0 bridgehead atoms. The Hall–Kier alpha value is -1.85. The minimum absolute atomic E-state index is 0.0133. The lowest BCUT2D eigenvalue weighted by Crippen LogP contribution is -2.34. The third-order valence-electron chi connectivity index (χ3n) is 3.31. The van der Waals surface area contributed by atoms with Crippen LogP contribution in [0.2, 0.25) is 5.02 Å². The lowest BCUT2D eigenvalue weighted by molar-refractivity contribution is 0.0942. The van der Waals surface area contributed by atoms with Gasteiger partial charge in [-0.15, -0.1) is 0 Å². The molecule has 1 amide bonds. The summed E-state index contributed by atoms with van der Waals surface area (Å²) in [5.74, 6) is -0.137. The van der Waals surface area contributed by atoms with Gasteiger partial charge in [0.25, 0.3) is 5.91 Å². The van der Waals surface area contributed by atoms with Gasteiger partial charge in [-0.05, 0) is 25.7 Å². The number of hydrogen-bond acceptors (Lipinski definition) is 3. The molecule has 1 heterocycles. The Morgan fingerprint density at radius 3 is 2.71 bits per heavy atom. The highest BCUT2D eigenvalue weighted by Gasteiger charge is 2.18. The third-order valence-corrected chi connectivity index (χ3v) is 3.65. The fraction of sp³-hybridized carbons (Fsp3) is 0.333. The van der Waals surface area contributed by atoms with E-state index in [4.69, 9.17) is 11.6 Å². The Kier molecular flexibility index (Phi) is 4.98. The standard InChI is InChI=1S/C15H19ClN4O/c1-19(2)14(12-6-4-5-7-13(12)16)9-17-15(21)11-8-18-20(3)10-11/h4-8,10,14H,9H2,1-3H3,(H,17,21)/t14-/m0/s1. The van der Waals surface area contributed by atoms with Crippen LogP contribution in [0.15, 0.2) is 36.7 Å². The number of aromatic nitrogens is 2. The monoisotopic (exact) mass is 306 g/mol. The number of nitrogens with one attached hydrogen (secondary N) is 1. The normalized spacial score (nSPS) is 12.4. The molecule has 21 heavy (non-hydrogen) atoms. The van der Waals surface area contributed by atoms with E-state index < -0.39 is 0 Å². The first-order chi connectivity index (χ1) is 9.99. The third kappa shape index (κ3) is 3.83. The van der Waals surface area contributed by atoms with Crippen LogP contribution in [0.3, 0.4) is 0 Å². The topological polar surface area (TPSA) is 50.2 Å². The molecule has 0 aliphatic heterocycles. The van der Waals surface area contributed by atoms with Gasteiger partial charge in [-0.25, -0.2) is 0 Å². The second kappa shape index (κ2) is 6.74. The first-order valence-corrected chi connectivity index (χ1v) is 7.04. The van der Waals surface area contributed by atoms with Gasteiger partial charge in [0.1, 0.15) is 0 Å². The summed E-state index contributed by atoms with van der Waals surface area (Å²) in [6, 6.07) is 7.69. The lowest BCUT2D eigenvalue weighted by atomic mass is 10.1. The smallest absolute Gasteiger partial charge is 0.254 e. The number of rotatable bonds is 5. The Morgan fingerprint density at radius 1 is 1.43 bits per heavy atom. The number of nitrogens with zero attached hydrogens (tertiary/aromatic N) is 3. The maximum absolute atomic E-state index is 12.1. The van der Waals surface area contributed by atoms with E-state index in [9.17, 15) is 4.79 Å². The minimum atomic E-state index is -0.137. The molecule has 2 rings (SSSR count). The Balaban J connectivity index is 2.08. The number of likely N-dealkylation sites (N-methyl/N-ethyl adjacent to an activating group) is 1. The van der Waals surface area contributed by atoms with Crippen molar-refractivity contribution in [1.82, 2.24) is 20.0 Å². The van der Waals surface area contributed by atoms with E-state index in [1.54, 1.807) is 24.1 Å². The number of benzene rings is 1. The fourth-order valence-corrected chi connectivity index (χ4v) is 2.41. The van der Waals surface area contributed by atoms with Gasteiger partial charge in [0.05, 0.1) is 17.8 Å². The fourth-order valence-electron chi connectivity index (χ4n) is 2.15. The van der Waals surface area contributed by atoms with Crippen molar-refractivity contribution >= 4 is 17.5 Å². The molecule has 1 atom stereocenters. The average molecular weight is 307 g/mol. The van der Waals surface area contributed by atoms with Crippen molar-refractivity contribution in [2.24, 2.45) is 7.05 Å². The van der Waals surface area contributed by atoms with Crippen molar-refractivity contribution in [2.45, 2.75) is 6.04 Å². The Bertz CT molecular complexity index is 624. The van der Waals surface area contributed by atoms with Crippen LogP contribution in [0.4, 0.5) is 0 Å². The van der Waals surface area contributed by atoms with E-state index in [1.807, 2.05) is 43.3 Å². The zero-order chi connectivity index (χ0) is 15.4. The average Bonchev–Trinajstić information content (AvgIpc) is 2.87. The highest BCUT2D eigenvalue weighted by atomic mass is 35.5. The number of carbonyl (C=O) groups is 1. The van der Waals surface area contributed by atoms with E-state index in [0.29, 0.717) is 17.1 Å². The summed E-state index contributed by atoms with van der Waals surface area (Å²) >= 11 is 6.25. The van der Waals surface area contributed by atoms with Crippen LogP contribution in [0.1, 0.15) is 22.0 Å². The molecule has 0 aliphatic rings. The maximum atomic E-state index is 12.1. The van der Waals surface area contributed by atoms with Gasteiger partial charge < -0.3 is 10.2 Å². The second-order valence-electron chi connectivity index (χ2n) is 5.11. The van der Waals surface area contributed by atoms with Crippen molar-refractivity contribution in [3.63, 3.8) is 0 Å². The zero-order valence-corrected chi connectivity index (χ0v) is 13.1. The predicted molar refractivity (Wildman–Crippen MR) is 83.4 cm³/mol. The maximum Gasteiger partial charge on any atom is 0.254 e. The number of hydrogen-bond donors (Lipinski definition) is 1. The van der Waals surface area contributed by atoms with E-state index in [1.165, 1.54) is 0 Å². The van der Waals surface area contributed by atoms with Gasteiger partial charge in [0.2, 0.25) is 0 Å². The van der Waals surface area contributed by atoms with Gasteiger partial charge in [-0.1, -0.05) is 29.8 Å². The molecule has 1 aromatic heterocycles. The first-order valence-electron chi connectivity index (χ1n) is 6.66. The summed E-state index contributed by atoms with van der Waals surface area (Å²) in [7, 11) is 5.71. The molecule has 0 radical (unpaired) electrons. The number of aryl methyl sites for hydroxylation is 1. The Morgan fingerprint density at radius 2 is 2.14 bits per heavy atom. The molecule has 1 aromatic carbocycles. The molecule has 0 fully saturated rings. The summed E-state index contributed by atoms with van der Waals surface area (Å²) < 4.78 is 1.60. The molecule has 112 valence electrons. The van der Waals surface area contributed by atoms with Gasteiger partial charge >= 0.3 is 0 Å². The molecule has 0 aliphatic carbocycles. The first kappa shape index (κ1) is 15.5.